The third-order valence-electron chi connectivity index (χ3n) is 4.82. The number of rotatable bonds is 8. The number of carbonyl (C=O) groups is 1. The number of fused-ring (bicyclic) bond motifs is 1. The van der Waals surface area contributed by atoms with Crippen LogP contribution in [0.25, 0.3) is 0 Å². The van der Waals surface area contributed by atoms with Gasteiger partial charge in [0.2, 0.25) is 0 Å². The van der Waals surface area contributed by atoms with Crippen LogP contribution in [0, 0.1) is 29.6 Å². The van der Waals surface area contributed by atoms with Crippen LogP contribution in [0.3, 0.4) is 0 Å². The Kier molecular flexibility index (Phi) is 7.07. The van der Waals surface area contributed by atoms with Crippen molar-refractivity contribution >= 4 is 11.7 Å². The second-order valence-electron chi connectivity index (χ2n) is 6.66. The molecule has 0 spiro atoms. The van der Waals surface area contributed by atoms with E-state index in [0.717, 1.165) is 25.0 Å². The molecule has 2 saturated carbocycles. The largest absolute Gasteiger partial charge is 0.481 e. The summed E-state index contributed by atoms with van der Waals surface area (Å²) in [5.74, 6) is 5.50. The lowest BCUT2D eigenvalue weighted by atomic mass is 9.71. The van der Waals surface area contributed by atoms with Crippen LogP contribution in [0.2, 0.25) is 0 Å². The topological polar surface area (TPSA) is 99.4 Å². The summed E-state index contributed by atoms with van der Waals surface area (Å²) in [4.78, 5) is 15.6. The van der Waals surface area contributed by atoms with Crippen molar-refractivity contribution in [2.45, 2.75) is 64.1 Å². The van der Waals surface area contributed by atoms with Gasteiger partial charge in [0.05, 0.1) is 17.7 Å². The molecule has 134 valence electrons. The summed E-state index contributed by atoms with van der Waals surface area (Å²) in [7, 11) is 0. The molecular weight excluding hydrogens is 310 g/mol. The van der Waals surface area contributed by atoms with Crippen molar-refractivity contribution in [2.75, 3.05) is 6.61 Å². The molecule has 0 radical (unpaired) electrons. The Labute approximate surface area is 142 Å². The summed E-state index contributed by atoms with van der Waals surface area (Å²) in [6, 6.07) is 0. The van der Waals surface area contributed by atoms with Crippen molar-refractivity contribution < 1.29 is 25.0 Å². The van der Waals surface area contributed by atoms with E-state index in [2.05, 4.69) is 23.9 Å². The Morgan fingerprint density at radius 3 is 2.96 bits per heavy atom. The zero-order chi connectivity index (χ0) is 17.5. The molecule has 5 unspecified atom stereocenters. The molecule has 6 heteroatoms. The summed E-state index contributed by atoms with van der Waals surface area (Å²) in [5, 5.41) is 32.7. The molecule has 0 aromatic heterocycles. The van der Waals surface area contributed by atoms with E-state index in [9.17, 15) is 15.0 Å². The van der Waals surface area contributed by atoms with Gasteiger partial charge in [-0.1, -0.05) is 36.8 Å². The molecule has 0 aliphatic heterocycles. The predicted molar refractivity (Wildman–Crippen MR) is 89.3 cm³/mol. The van der Waals surface area contributed by atoms with Gasteiger partial charge < -0.3 is 20.2 Å². The van der Waals surface area contributed by atoms with Gasteiger partial charge in [-0.05, 0) is 31.6 Å². The van der Waals surface area contributed by atoms with Crippen LogP contribution in [0.15, 0.2) is 5.16 Å². The van der Waals surface area contributed by atoms with Crippen molar-refractivity contribution in [2.24, 2.45) is 22.9 Å². The number of aliphatic hydroxyl groups excluding tert-OH is 2. The number of oxime groups is 1. The fourth-order valence-electron chi connectivity index (χ4n) is 3.39. The fourth-order valence-corrected chi connectivity index (χ4v) is 3.39. The lowest BCUT2D eigenvalue weighted by Crippen LogP contribution is -2.36. The Morgan fingerprint density at radius 1 is 1.46 bits per heavy atom. The Morgan fingerprint density at radius 2 is 2.25 bits per heavy atom. The number of carboxylic acid groups (broad SMARTS) is 1. The SMILES string of the molecule is CCCCC(O)C#CC1C(O)CC2C(=NOCCCC(=O)O)CC21. The predicted octanol–water partition coefficient (Wildman–Crippen LogP) is 1.80. The number of hydrogen-bond acceptors (Lipinski definition) is 5. The molecule has 2 aliphatic rings. The third kappa shape index (κ3) is 4.96. The molecule has 2 aliphatic carbocycles. The van der Waals surface area contributed by atoms with E-state index in [1.807, 2.05) is 0 Å². The van der Waals surface area contributed by atoms with Crippen LogP contribution in [0.1, 0.15) is 51.9 Å². The van der Waals surface area contributed by atoms with Gasteiger partial charge in [0.25, 0.3) is 0 Å². The molecular formula is C18H27NO5. The van der Waals surface area contributed by atoms with E-state index in [-0.39, 0.29) is 24.2 Å². The van der Waals surface area contributed by atoms with Gasteiger partial charge in [0, 0.05) is 12.3 Å². The molecule has 3 N–H and O–H groups in total. The zero-order valence-corrected chi connectivity index (χ0v) is 14.1. The van der Waals surface area contributed by atoms with Crippen molar-refractivity contribution in [3.05, 3.63) is 0 Å². The molecule has 0 amide bonds. The molecule has 0 bridgehead atoms. The maximum Gasteiger partial charge on any atom is 0.303 e. The maximum atomic E-state index is 10.4. The highest BCUT2D eigenvalue weighted by atomic mass is 16.6. The van der Waals surface area contributed by atoms with Crippen LogP contribution in [-0.4, -0.2) is 45.8 Å². The summed E-state index contributed by atoms with van der Waals surface area (Å²) in [6.07, 6.45) is 3.47. The summed E-state index contributed by atoms with van der Waals surface area (Å²) < 4.78 is 0. The number of aliphatic hydroxyl groups is 2. The van der Waals surface area contributed by atoms with Crippen LogP contribution in [0.5, 0.6) is 0 Å². The van der Waals surface area contributed by atoms with Gasteiger partial charge >= 0.3 is 5.97 Å². The lowest BCUT2D eigenvalue weighted by molar-refractivity contribution is -0.137. The molecule has 0 saturated heterocycles. The third-order valence-corrected chi connectivity index (χ3v) is 4.82. The molecule has 6 nitrogen and oxygen atoms in total. The van der Waals surface area contributed by atoms with E-state index in [4.69, 9.17) is 9.94 Å². The van der Waals surface area contributed by atoms with Crippen LogP contribution in [-0.2, 0) is 9.63 Å². The van der Waals surface area contributed by atoms with Gasteiger partial charge in [-0.25, -0.2) is 0 Å². The normalized spacial score (nSPS) is 30.9. The highest BCUT2D eigenvalue weighted by molar-refractivity contribution is 5.93. The van der Waals surface area contributed by atoms with Gasteiger partial charge in [-0.3, -0.25) is 4.79 Å². The van der Waals surface area contributed by atoms with E-state index in [0.29, 0.717) is 25.9 Å². The smallest absolute Gasteiger partial charge is 0.303 e. The van der Waals surface area contributed by atoms with Gasteiger partial charge in [0.15, 0.2) is 0 Å². The van der Waals surface area contributed by atoms with E-state index < -0.39 is 18.2 Å². The molecule has 2 rings (SSSR count). The first kappa shape index (κ1) is 18.8. The molecule has 24 heavy (non-hydrogen) atoms. The maximum absolute atomic E-state index is 10.4. The number of unbranched alkanes of at least 4 members (excludes halogenated alkanes) is 1. The van der Waals surface area contributed by atoms with Crippen molar-refractivity contribution in [1.29, 1.82) is 0 Å². The van der Waals surface area contributed by atoms with Crippen molar-refractivity contribution in [3.8, 4) is 11.8 Å². The number of carboxylic acids is 1. The lowest BCUT2D eigenvalue weighted by Gasteiger charge is -2.33. The number of aliphatic carboxylic acids is 1. The van der Waals surface area contributed by atoms with Gasteiger partial charge in [0.1, 0.15) is 12.7 Å². The molecule has 0 aromatic rings. The van der Waals surface area contributed by atoms with Crippen molar-refractivity contribution in [1.82, 2.24) is 0 Å². The highest BCUT2D eigenvalue weighted by Gasteiger charge is 2.51. The van der Waals surface area contributed by atoms with E-state index >= 15 is 0 Å². The first-order valence-electron chi connectivity index (χ1n) is 8.80. The minimum Gasteiger partial charge on any atom is -0.481 e. The second kappa shape index (κ2) is 9.05. The average molecular weight is 337 g/mol. The van der Waals surface area contributed by atoms with Crippen LogP contribution in [0.4, 0.5) is 0 Å². The van der Waals surface area contributed by atoms with Crippen molar-refractivity contribution in [3.63, 3.8) is 0 Å². The first-order chi connectivity index (χ1) is 11.5. The second-order valence-corrected chi connectivity index (χ2v) is 6.66. The molecule has 5 atom stereocenters. The minimum absolute atomic E-state index is 0.0770. The Balaban J connectivity index is 1.78. The number of nitrogens with zero attached hydrogens (tertiary/aromatic N) is 1. The van der Waals surface area contributed by atoms with Gasteiger partial charge in [-0.15, -0.1) is 0 Å². The molecule has 2 fully saturated rings. The molecule has 0 heterocycles. The Hall–Kier alpha value is -1.58. The molecule has 0 aromatic carbocycles. The summed E-state index contributed by atoms with van der Waals surface area (Å²) in [6.45, 7) is 2.37. The van der Waals surface area contributed by atoms with E-state index in [1.165, 1.54) is 0 Å². The fraction of sp³-hybridized carbons (Fsp3) is 0.778. The number of hydrogen-bond donors (Lipinski definition) is 3. The monoisotopic (exact) mass is 337 g/mol. The summed E-state index contributed by atoms with van der Waals surface area (Å²) >= 11 is 0. The van der Waals surface area contributed by atoms with Crippen LogP contribution < -0.4 is 0 Å². The average Bonchev–Trinajstić information content (AvgIpc) is 2.77. The first-order valence-corrected chi connectivity index (χ1v) is 8.80. The highest BCUT2D eigenvalue weighted by Crippen LogP contribution is 2.48. The van der Waals surface area contributed by atoms with Gasteiger partial charge in [-0.2, -0.15) is 0 Å². The zero-order valence-electron chi connectivity index (χ0n) is 14.1. The summed E-state index contributed by atoms with van der Waals surface area (Å²) in [5.41, 5.74) is 0.935. The standard InChI is InChI=1S/C18H27NO5/c1-2-3-5-12(20)7-8-13-14-10-16(15(14)11-17(13)21)19-24-9-4-6-18(22)23/h12-15,17,20-21H,2-6,9-11H2,1H3,(H,22,23). The van der Waals surface area contributed by atoms with E-state index in [1.54, 1.807) is 0 Å². The van der Waals surface area contributed by atoms with Crippen LogP contribution >= 0.6 is 0 Å². The quantitative estimate of drug-likeness (QED) is 0.356. The minimum atomic E-state index is -0.837. The Bertz CT molecular complexity index is 521.